The zero-order valence-electron chi connectivity index (χ0n) is 19.5. The van der Waals surface area contributed by atoms with Crippen molar-refractivity contribution < 1.29 is 17.6 Å². The van der Waals surface area contributed by atoms with E-state index in [0.29, 0.717) is 29.7 Å². The van der Waals surface area contributed by atoms with Crippen LogP contribution in [0.15, 0.2) is 42.7 Å². The Morgan fingerprint density at radius 2 is 1.82 bits per heavy atom. The molecule has 0 saturated heterocycles. The van der Waals surface area contributed by atoms with Crippen molar-refractivity contribution in [2.75, 3.05) is 16.3 Å². The van der Waals surface area contributed by atoms with Gasteiger partial charge in [-0.25, -0.2) is 17.3 Å². The van der Waals surface area contributed by atoms with Gasteiger partial charge in [-0.2, -0.15) is 5.10 Å². The number of benzene rings is 1. The van der Waals surface area contributed by atoms with Crippen molar-refractivity contribution in [1.82, 2.24) is 9.61 Å². The van der Waals surface area contributed by atoms with Gasteiger partial charge in [-0.15, -0.1) is 12.8 Å². The molecule has 0 bridgehead atoms. The van der Waals surface area contributed by atoms with Gasteiger partial charge in [-0.05, 0) is 43.0 Å². The molecule has 1 saturated carbocycles. The summed E-state index contributed by atoms with van der Waals surface area (Å²) in [6, 6.07) is 8.33. The first-order valence-electron chi connectivity index (χ1n) is 10.8. The molecule has 0 spiro atoms. The van der Waals surface area contributed by atoms with Crippen LogP contribution >= 0.6 is 0 Å². The number of primary amides is 1. The number of hydrogen-bond donors (Lipinski definition) is 3. The lowest BCUT2D eigenvalue weighted by atomic mass is 10.1. The van der Waals surface area contributed by atoms with Crippen LogP contribution in [0.1, 0.15) is 43.5 Å². The maximum absolute atomic E-state index is 14.2. The quantitative estimate of drug-likeness (QED) is 0.453. The number of amides is 1. The molecule has 1 aliphatic carbocycles. The zero-order valence-corrected chi connectivity index (χ0v) is 20.3. The molecule has 0 radical (unpaired) electrons. The van der Waals surface area contributed by atoms with Gasteiger partial charge in [0.15, 0.2) is 0 Å². The number of fused-ring (bicyclic) bond motifs is 1. The van der Waals surface area contributed by atoms with Crippen molar-refractivity contribution in [3.8, 4) is 24.0 Å². The number of carbonyl (C=O) groups is 1. The minimum Gasteiger partial charge on any atom is -0.377 e. The molecule has 34 heavy (non-hydrogen) atoms. The van der Waals surface area contributed by atoms with Crippen LogP contribution < -0.4 is 15.8 Å². The summed E-state index contributed by atoms with van der Waals surface area (Å²) >= 11 is 0. The largest absolute Gasteiger partial charge is 0.377 e. The first kappa shape index (κ1) is 26.7. The Labute approximate surface area is 199 Å². The molecule has 2 atom stereocenters. The number of aromatic nitrogens is 2. The van der Waals surface area contributed by atoms with Crippen LogP contribution in [-0.4, -0.2) is 42.4 Å². The highest BCUT2D eigenvalue weighted by atomic mass is 32.2. The van der Waals surface area contributed by atoms with Crippen LogP contribution in [0.2, 0.25) is 0 Å². The van der Waals surface area contributed by atoms with Crippen molar-refractivity contribution in [2.24, 2.45) is 5.73 Å². The summed E-state index contributed by atoms with van der Waals surface area (Å²) in [7, 11) is -3.36. The van der Waals surface area contributed by atoms with Crippen LogP contribution in [0.5, 0.6) is 0 Å². The zero-order chi connectivity index (χ0) is 25.5. The molecule has 1 fully saturated rings. The topological polar surface area (TPSA) is 119 Å². The third-order valence-electron chi connectivity index (χ3n) is 5.19. The fourth-order valence-corrected chi connectivity index (χ4v) is 4.32. The standard InChI is InChI=1S/C20H22FN5O3S.C2H6.C2H2/c1-30(28,29)25-14-7-5-12(6-8-14)13-9-18-19(24-17-4-2-3-16(17)21)15(20(22)27)10-23-26(18)11-13;2*1-2/h5-11,16-17,24-25H,2-4H2,1H3,(H2,22,27);1-2H3;1-2H/t16-,17+;;/m0../s1. The SMILES string of the molecule is C#C.CC.CS(=O)(=O)Nc1ccc(-c2cc3c(N[C@@H]4CCC[C@@H]4F)c(C(N)=O)cnn3c2)cc1. The second-order valence-electron chi connectivity index (χ2n) is 7.51. The van der Waals surface area contributed by atoms with Gasteiger partial charge in [0.25, 0.3) is 5.91 Å². The number of hydrogen-bond acceptors (Lipinski definition) is 5. The first-order chi connectivity index (χ1) is 16.2. The van der Waals surface area contributed by atoms with Crippen LogP contribution in [0.3, 0.4) is 0 Å². The molecule has 8 nitrogen and oxygen atoms in total. The van der Waals surface area contributed by atoms with Gasteiger partial charge < -0.3 is 11.1 Å². The van der Waals surface area contributed by atoms with Crippen LogP contribution in [0.25, 0.3) is 16.6 Å². The fraction of sp³-hybridized carbons (Fsp3) is 0.333. The number of alkyl halides is 1. The second-order valence-corrected chi connectivity index (χ2v) is 9.25. The minimum atomic E-state index is -3.36. The minimum absolute atomic E-state index is 0.207. The van der Waals surface area contributed by atoms with Crippen molar-refractivity contribution in [3.05, 3.63) is 48.3 Å². The van der Waals surface area contributed by atoms with Gasteiger partial charge in [0.2, 0.25) is 10.0 Å². The Kier molecular flexibility index (Phi) is 9.04. The number of halogens is 1. The van der Waals surface area contributed by atoms with E-state index in [4.69, 9.17) is 5.73 Å². The molecule has 3 aromatic rings. The summed E-state index contributed by atoms with van der Waals surface area (Å²) in [6.45, 7) is 4.00. The summed E-state index contributed by atoms with van der Waals surface area (Å²) in [5.74, 6) is -0.639. The van der Waals surface area contributed by atoms with Crippen molar-refractivity contribution in [1.29, 1.82) is 0 Å². The Hall–Kier alpha value is -3.58. The molecular weight excluding hydrogens is 457 g/mol. The molecule has 0 unspecified atom stereocenters. The lowest BCUT2D eigenvalue weighted by Gasteiger charge is -2.19. The molecule has 2 aromatic heterocycles. The van der Waals surface area contributed by atoms with Crippen LogP contribution in [0.4, 0.5) is 15.8 Å². The summed E-state index contributed by atoms with van der Waals surface area (Å²) < 4.78 is 40.9. The Morgan fingerprint density at radius 3 is 2.35 bits per heavy atom. The van der Waals surface area contributed by atoms with E-state index in [-0.39, 0.29) is 11.6 Å². The number of nitrogens with zero attached hydrogens (tertiary/aromatic N) is 2. The van der Waals surface area contributed by atoms with Gasteiger partial charge >= 0.3 is 0 Å². The highest BCUT2D eigenvalue weighted by molar-refractivity contribution is 7.92. The number of nitrogens with one attached hydrogen (secondary N) is 2. The third-order valence-corrected chi connectivity index (χ3v) is 5.79. The predicted molar refractivity (Wildman–Crippen MR) is 135 cm³/mol. The molecule has 1 aromatic carbocycles. The Bertz CT molecular complexity index is 1250. The molecule has 1 amide bonds. The molecule has 4 N–H and O–H groups in total. The average molecular weight is 488 g/mol. The third kappa shape index (κ3) is 6.26. The first-order valence-corrected chi connectivity index (χ1v) is 12.7. The Balaban J connectivity index is 0.000000970. The number of carbonyl (C=O) groups excluding carboxylic acids is 1. The highest BCUT2D eigenvalue weighted by Crippen LogP contribution is 2.32. The number of sulfonamides is 1. The van der Waals surface area contributed by atoms with E-state index in [9.17, 15) is 17.6 Å². The van der Waals surface area contributed by atoms with Gasteiger partial charge in [0, 0.05) is 17.4 Å². The highest BCUT2D eigenvalue weighted by Gasteiger charge is 2.29. The van der Waals surface area contributed by atoms with Crippen molar-refractivity contribution in [3.63, 3.8) is 0 Å². The maximum Gasteiger partial charge on any atom is 0.252 e. The molecule has 4 rings (SSSR count). The molecule has 1 aliphatic rings. The van der Waals surface area contributed by atoms with E-state index in [0.717, 1.165) is 23.8 Å². The van der Waals surface area contributed by atoms with E-state index in [1.807, 2.05) is 19.9 Å². The predicted octanol–water partition coefficient (Wildman–Crippen LogP) is 4.05. The number of nitrogens with two attached hydrogens (primary N) is 1. The lowest BCUT2D eigenvalue weighted by molar-refractivity contribution is 0.100. The Morgan fingerprint density at radius 1 is 1.18 bits per heavy atom. The monoisotopic (exact) mass is 487 g/mol. The maximum atomic E-state index is 14.2. The summed E-state index contributed by atoms with van der Waals surface area (Å²) in [6.07, 6.45) is 13.2. The van der Waals surface area contributed by atoms with Gasteiger partial charge in [0.05, 0.1) is 35.3 Å². The lowest BCUT2D eigenvalue weighted by Crippen LogP contribution is -2.27. The molecule has 2 heterocycles. The molecule has 0 aliphatic heterocycles. The van der Waals surface area contributed by atoms with Crippen molar-refractivity contribution >= 4 is 32.8 Å². The summed E-state index contributed by atoms with van der Waals surface area (Å²) in [5.41, 5.74) is 8.90. The smallest absolute Gasteiger partial charge is 0.252 e. The fourth-order valence-electron chi connectivity index (χ4n) is 3.76. The van der Waals surface area contributed by atoms with Gasteiger partial charge in [-0.1, -0.05) is 26.0 Å². The normalized spacial score (nSPS) is 17.1. The number of anilines is 2. The van der Waals surface area contributed by atoms with E-state index in [1.54, 1.807) is 35.0 Å². The van der Waals surface area contributed by atoms with E-state index < -0.39 is 22.1 Å². The molecule has 10 heteroatoms. The van der Waals surface area contributed by atoms with E-state index >= 15 is 0 Å². The van der Waals surface area contributed by atoms with Gasteiger partial charge in [0.1, 0.15) is 6.17 Å². The second kappa shape index (κ2) is 11.5. The van der Waals surface area contributed by atoms with Gasteiger partial charge in [-0.3, -0.25) is 9.52 Å². The van der Waals surface area contributed by atoms with Crippen LogP contribution in [-0.2, 0) is 10.0 Å². The average Bonchev–Trinajstić information content (AvgIpc) is 3.42. The molecular formula is C24H30FN5O3S. The van der Waals surface area contributed by atoms with E-state index in [1.165, 1.54) is 6.20 Å². The van der Waals surface area contributed by atoms with E-state index in [2.05, 4.69) is 28.0 Å². The number of rotatable bonds is 6. The molecule has 182 valence electrons. The summed E-state index contributed by atoms with van der Waals surface area (Å²) in [5, 5.41) is 7.43. The number of terminal acetylenes is 1. The van der Waals surface area contributed by atoms with Crippen molar-refractivity contribution in [2.45, 2.75) is 45.3 Å². The van der Waals surface area contributed by atoms with Crippen LogP contribution in [0, 0.1) is 12.8 Å². The summed E-state index contributed by atoms with van der Waals surface area (Å²) in [4.78, 5) is 11.9.